The summed E-state index contributed by atoms with van der Waals surface area (Å²) in [5.74, 6) is 0.986. The van der Waals surface area contributed by atoms with E-state index in [0.29, 0.717) is 0 Å². The van der Waals surface area contributed by atoms with Crippen molar-refractivity contribution in [2.45, 2.75) is 29.9 Å². The van der Waals surface area contributed by atoms with Gasteiger partial charge in [-0.2, -0.15) is 0 Å². The van der Waals surface area contributed by atoms with Crippen LogP contribution in [-0.2, 0) is 0 Å². The van der Waals surface area contributed by atoms with E-state index in [9.17, 15) is 0 Å². The van der Waals surface area contributed by atoms with Crippen LogP contribution in [0.5, 0.6) is 0 Å². The fourth-order valence-electron chi connectivity index (χ4n) is 1.81. The van der Waals surface area contributed by atoms with Crippen LogP contribution in [0.25, 0.3) is 0 Å². The Morgan fingerprint density at radius 2 is 1.92 bits per heavy atom. The summed E-state index contributed by atoms with van der Waals surface area (Å²) < 4.78 is 0. The molecule has 0 nitrogen and oxygen atoms in total. The third-order valence-electron chi connectivity index (χ3n) is 2.67. The van der Waals surface area contributed by atoms with Gasteiger partial charge in [0.25, 0.3) is 0 Å². The number of hydrogen-bond donors (Lipinski definition) is 0. The van der Waals surface area contributed by atoms with Gasteiger partial charge in [-0.25, -0.2) is 0 Å². The van der Waals surface area contributed by atoms with Gasteiger partial charge in [0.1, 0.15) is 0 Å². The van der Waals surface area contributed by atoms with E-state index in [2.05, 4.69) is 37.3 Å². The number of benzene rings is 1. The van der Waals surface area contributed by atoms with Crippen LogP contribution in [0.15, 0.2) is 30.3 Å². The van der Waals surface area contributed by atoms with Gasteiger partial charge in [-0.1, -0.05) is 0 Å². The van der Waals surface area contributed by atoms with Gasteiger partial charge in [0.05, 0.1) is 0 Å². The van der Waals surface area contributed by atoms with Crippen molar-refractivity contribution in [1.82, 2.24) is 0 Å². The van der Waals surface area contributed by atoms with E-state index in [-0.39, 0.29) is 0 Å². The quantitative estimate of drug-likeness (QED) is 0.660. The van der Waals surface area contributed by atoms with Crippen LogP contribution in [0.1, 0.15) is 30.1 Å². The molecule has 2 rings (SSSR count). The normalized spacial score (nSPS) is 28.7. The van der Waals surface area contributed by atoms with E-state index >= 15 is 0 Å². The summed E-state index contributed by atoms with van der Waals surface area (Å²) in [5, 5.41) is 1.48. The Hall–Kier alpha value is -0.261. The molecule has 0 bridgehead atoms. The average Bonchev–Trinajstić information content (AvgIpc) is 2.20. The first kappa shape index (κ1) is 9.30. The van der Waals surface area contributed by atoms with Crippen LogP contribution in [0, 0.1) is 5.92 Å². The van der Waals surface area contributed by atoms with Gasteiger partial charge < -0.3 is 0 Å². The van der Waals surface area contributed by atoms with Crippen molar-refractivity contribution in [1.29, 1.82) is 0 Å². The molecule has 13 heavy (non-hydrogen) atoms. The van der Waals surface area contributed by atoms with Gasteiger partial charge in [-0.15, -0.1) is 0 Å². The summed E-state index contributed by atoms with van der Waals surface area (Å²) in [4.78, 5) is 0.907. The molecular formula is C12H16Se. The molecule has 0 unspecified atom stereocenters. The Labute approximate surface area is 86.9 Å². The zero-order valence-electron chi connectivity index (χ0n) is 8.07. The first-order chi connectivity index (χ1) is 6.36. The van der Waals surface area contributed by atoms with E-state index in [4.69, 9.17) is 0 Å². The first-order valence-electron chi connectivity index (χ1n) is 5.03. The van der Waals surface area contributed by atoms with E-state index in [1.54, 1.807) is 5.56 Å². The Morgan fingerprint density at radius 3 is 2.54 bits per heavy atom. The van der Waals surface area contributed by atoms with Crippen molar-refractivity contribution in [3.05, 3.63) is 35.9 Å². The van der Waals surface area contributed by atoms with Crippen LogP contribution >= 0.6 is 0 Å². The molecule has 0 aromatic heterocycles. The van der Waals surface area contributed by atoms with Gasteiger partial charge >= 0.3 is 86.7 Å². The minimum absolute atomic E-state index is 0.846. The van der Waals surface area contributed by atoms with Crippen molar-refractivity contribution in [2.24, 2.45) is 5.92 Å². The molecule has 1 heteroatoms. The fraction of sp³-hybridized carbons (Fsp3) is 0.500. The van der Waals surface area contributed by atoms with E-state index in [1.165, 1.54) is 18.2 Å². The van der Waals surface area contributed by atoms with Gasteiger partial charge in [-0.3, -0.25) is 0 Å². The molecule has 1 aromatic carbocycles. The first-order valence-corrected chi connectivity index (χ1v) is 7.23. The molecule has 2 atom stereocenters. The summed E-state index contributed by atoms with van der Waals surface area (Å²) in [6.45, 7) is 2.39. The predicted molar refractivity (Wildman–Crippen MR) is 58.1 cm³/mol. The minimum atomic E-state index is 0.846. The molecule has 0 spiro atoms. The van der Waals surface area contributed by atoms with Crippen LogP contribution in [0.3, 0.4) is 0 Å². The van der Waals surface area contributed by atoms with Crippen molar-refractivity contribution in [2.75, 3.05) is 0 Å². The molecule has 1 fully saturated rings. The van der Waals surface area contributed by atoms with Gasteiger partial charge in [0.2, 0.25) is 0 Å². The molecule has 1 aromatic rings. The maximum atomic E-state index is 2.39. The summed E-state index contributed by atoms with van der Waals surface area (Å²) in [6.07, 6.45) is 2.85. The van der Waals surface area contributed by atoms with Crippen LogP contribution in [0.2, 0.25) is 5.32 Å². The second-order valence-electron chi connectivity index (χ2n) is 3.92. The van der Waals surface area contributed by atoms with Crippen molar-refractivity contribution in [3.63, 3.8) is 0 Å². The Bertz CT molecular complexity index is 247. The van der Waals surface area contributed by atoms with Crippen LogP contribution in [0.4, 0.5) is 0 Å². The summed E-state index contributed by atoms with van der Waals surface area (Å²) in [6, 6.07) is 11.0. The zero-order valence-corrected chi connectivity index (χ0v) is 9.78. The molecule has 0 aliphatic carbocycles. The van der Waals surface area contributed by atoms with Gasteiger partial charge in [-0.05, 0) is 0 Å². The second kappa shape index (κ2) is 4.30. The molecule has 0 N–H and O–H groups in total. The van der Waals surface area contributed by atoms with Crippen LogP contribution < -0.4 is 0 Å². The fourth-order valence-corrected chi connectivity index (χ4v) is 4.71. The van der Waals surface area contributed by atoms with Gasteiger partial charge in [0, 0.05) is 0 Å². The molecule has 1 aliphatic heterocycles. The molecular weight excluding hydrogens is 223 g/mol. The number of rotatable bonds is 1. The maximum absolute atomic E-state index is 2.39. The van der Waals surface area contributed by atoms with E-state index in [1.807, 2.05) is 0 Å². The molecule has 1 heterocycles. The average molecular weight is 239 g/mol. The molecule has 70 valence electrons. The summed E-state index contributed by atoms with van der Waals surface area (Å²) in [7, 11) is 0. The van der Waals surface area contributed by atoms with Gasteiger partial charge in [0.15, 0.2) is 0 Å². The molecule has 1 aliphatic rings. The molecule has 0 radical (unpaired) electrons. The van der Waals surface area contributed by atoms with Crippen LogP contribution in [-0.4, -0.2) is 15.0 Å². The SMILES string of the molecule is C[C@H]1CC[C@@H](c2ccccc2)[Se]C1. The summed E-state index contributed by atoms with van der Waals surface area (Å²) in [5.41, 5.74) is 1.58. The zero-order chi connectivity index (χ0) is 9.10. The van der Waals surface area contributed by atoms with E-state index < -0.39 is 0 Å². The Balaban J connectivity index is 2.03. The van der Waals surface area contributed by atoms with Crippen molar-refractivity contribution >= 4 is 15.0 Å². The summed E-state index contributed by atoms with van der Waals surface area (Å²) >= 11 is 0.846. The number of hydrogen-bond acceptors (Lipinski definition) is 0. The third-order valence-corrected chi connectivity index (χ3v) is 6.18. The monoisotopic (exact) mass is 240 g/mol. The van der Waals surface area contributed by atoms with Crippen molar-refractivity contribution < 1.29 is 0 Å². The molecule has 0 saturated carbocycles. The topological polar surface area (TPSA) is 0 Å². The van der Waals surface area contributed by atoms with E-state index in [0.717, 1.165) is 25.7 Å². The Morgan fingerprint density at radius 1 is 1.15 bits per heavy atom. The van der Waals surface area contributed by atoms with Crippen molar-refractivity contribution in [3.8, 4) is 0 Å². The third kappa shape index (κ3) is 2.36. The molecule has 1 saturated heterocycles. The Kier molecular flexibility index (Phi) is 3.08. The predicted octanol–water partition coefficient (Wildman–Crippen LogP) is 3.28. The standard InChI is InChI=1S/C12H16Se/c1-10-7-8-12(13-9-10)11-5-3-2-4-6-11/h2-6,10,12H,7-9H2,1H3/t10-,12-/m0/s1. The second-order valence-corrected chi connectivity index (χ2v) is 6.51. The molecule has 0 amide bonds.